The van der Waals surface area contributed by atoms with Gasteiger partial charge in [-0.2, -0.15) is 0 Å². The summed E-state index contributed by atoms with van der Waals surface area (Å²) in [5, 5.41) is 9.69. The third-order valence-corrected chi connectivity index (χ3v) is 2.82. The van der Waals surface area contributed by atoms with Crippen LogP contribution in [0.25, 0.3) is 0 Å². The minimum Gasteiger partial charge on any atom is -0.489 e. The molecule has 19 heavy (non-hydrogen) atoms. The molecule has 3 nitrogen and oxygen atoms in total. The highest BCUT2D eigenvalue weighted by Crippen LogP contribution is 2.19. The lowest BCUT2D eigenvalue weighted by Crippen LogP contribution is -2.11. The summed E-state index contributed by atoms with van der Waals surface area (Å²) in [4.78, 5) is 0. The van der Waals surface area contributed by atoms with Crippen molar-refractivity contribution in [2.75, 3.05) is 13.2 Å². The van der Waals surface area contributed by atoms with Crippen LogP contribution < -0.4 is 10.5 Å². The minimum atomic E-state index is -0.644. The maximum absolute atomic E-state index is 9.69. The number of nitrogens with two attached hydrogens (primary N) is 1. The van der Waals surface area contributed by atoms with Crippen LogP contribution in [0.1, 0.15) is 18.1 Å². The van der Waals surface area contributed by atoms with E-state index in [1.54, 1.807) is 0 Å². The van der Waals surface area contributed by atoms with Gasteiger partial charge in [0.15, 0.2) is 0 Å². The molecule has 2 rings (SSSR count). The first kappa shape index (κ1) is 13.4. The van der Waals surface area contributed by atoms with Crippen molar-refractivity contribution in [2.24, 2.45) is 5.73 Å². The first-order chi connectivity index (χ1) is 9.29. The molecule has 1 aliphatic rings. The van der Waals surface area contributed by atoms with Gasteiger partial charge in [-0.3, -0.25) is 0 Å². The second-order valence-electron chi connectivity index (χ2n) is 4.25. The Labute approximate surface area is 113 Å². The highest BCUT2D eigenvalue weighted by atomic mass is 16.5. The number of hydrogen-bond acceptors (Lipinski definition) is 3. The molecule has 1 unspecified atom stereocenters. The van der Waals surface area contributed by atoms with E-state index in [0.717, 1.165) is 23.3 Å². The maximum atomic E-state index is 9.69. The zero-order chi connectivity index (χ0) is 13.5. The van der Waals surface area contributed by atoms with Crippen molar-refractivity contribution >= 4 is 0 Å². The third kappa shape index (κ3) is 3.99. The summed E-state index contributed by atoms with van der Waals surface area (Å²) in [7, 11) is 0. The highest BCUT2D eigenvalue weighted by Gasteiger charge is 2.06. The van der Waals surface area contributed by atoms with Gasteiger partial charge in [-0.15, -0.1) is 0 Å². The quantitative estimate of drug-likeness (QED) is 0.791. The molecule has 3 N–H and O–H groups in total. The summed E-state index contributed by atoms with van der Waals surface area (Å²) < 4.78 is 5.71. The lowest BCUT2D eigenvalue weighted by atomic mass is 10.1. The predicted octanol–water partition coefficient (Wildman–Crippen LogP) is 1.95. The molecule has 0 amide bonds. The summed E-state index contributed by atoms with van der Waals surface area (Å²) in [6.07, 6.45) is 5.94. The number of allylic oxidation sites excluding steroid dienone is 2. The van der Waals surface area contributed by atoms with E-state index >= 15 is 0 Å². The SMILES string of the molecule is NCC(O)c1cccc(OCC2=CCC#CC=C2)c1. The van der Waals surface area contributed by atoms with E-state index in [1.807, 2.05) is 36.4 Å². The Kier molecular flexibility index (Phi) is 4.79. The second kappa shape index (κ2) is 6.79. The Morgan fingerprint density at radius 3 is 3.16 bits per heavy atom. The molecule has 0 bridgehead atoms. The number of benzene rings is 1. The molecule has 0 radical (unpaired) electrons. The lowest BCUT2D eigenvalue weighted by Gasteiger charge is -2.11. The van der Waals surface area contributed by atoms with Gasteiger partial charge in [0.05, 0.1) is 6.10 Å². The van der Waals surface area contributed by atoms with Crippen molar-refractivity contribution in [2.45, 2.75) is 12.5 Å². The lowest BCUT2D eigenvalue weighted by molar-refractivity contribution is 0.186. The molecule has 3 heteroatoms. The van der Waals surface area contributed by atoms with Crippen LogP contribution in [0.15, 0.2) is 48.1 Å². The Morgan fingerprint density at radius 1 is 1.42 bits per heavy atom. The Morgan fingerprint density at radius 2 is 2.32 bits per heavy atom. The van der Waals surface area contributed by atoms with E-state index in [2.05, 4.69) is 17.9 Å². The van der Waals surface area contributed by atoms with Crippen molar-refractivity contribution in [3.63, 3.8) is 0 Å². The first-order valence-electron chi connectivity index (χ1n) is 6.24. The summed E-state index contributed by atoms with van der Waals surface area (Å²) in [6.45, 7) is 0.691. The zero-order valence-corrected chi connectivity index (χ0v) is 10.7. The summed E-state index contributed by atoms with van der Waals surface area (Å²) in [6, 6.07) is 7.37. The van der Waals surface area contributed by atoms with Gasteiger partial charge < -0.3 is 15.6 Å². The van der Waals surface area contributed by atoms with Crippen molar-refractivity contribution in [3.05, 3.63) is 53.6 Å². The van der Waals surface area contributed by atoms with Crippen LogP contribution in [-0.4, -0.2) is 18.3 Å². The average molecular weight is 255 g/mol. The van der Waals surface area contributed by atoms with E-state index in [1.165, 1.54) is 0 Å². The molecular weight excluding hydrogens is 238 g/mol. The molecule has 0 aliphatic heterocycles. The van der Waals surface area contributed by atoms with Crippen molar-refractivity contribution in [1.82, 2.24) is 0 Å². The number of aliphatic hydroxyl groups excluding tert-OH is 1. The summed E-state index contributed by atoms with van der Waals surface area (Å²) >= 11 is 0. The molecule has 0 saturated carbocycles. The van der Waals surface area contributed by atoms with Gasteiger partial charge in [-0.05, 0) is 35.4 Å². The summed E-state index contributed by atoms with van der Waals surface area (Å²) in [5.41, 5.74) is 7.30. The Balaban J connectivity index is 1.98. The van der Waals surface area contributed by atoms with E-state index in [-0.39, 0.29) is 6.54 Å². The fourth-order valence-corrected chi connectivity index (χ4v) is 1.74. The van der Waals surface area contributed by atoms with Crippen LogP contribution in [0.5, 0.6) is 5.75 Å². The van der Waals surface area contributed by atoms with Gasteiger partial charge in [0, 0.05) is 13.0 Å². The monoisotopic (exact) mass is 255 g/mol. The molecule has 98 valence electrons. The highest BCUT2D eigenvalue weighted by molar-refractivity contribution is 5.34. The minimum absolute atomic E-state index is 0.203. The van der Waals surface area contributed by atoms with Gasteiger partial charge in [-0.1, -0.05) is 30.0 Å². The number of aliphatic hydroxyl groups is 1. The average Bonchev–Trinajstić information content (AvgIpc) is 2.73. The third-order valence-electron chi connectivity index (χ3n) is 2.82. The van der Waals surface area contributed by atoms with Gasteiger partial charge in [0.1, 0.15) is 12.4 Å². The van der Waals surface area contributed by atoms with Gasteiger partial charge in [-0.25, -0.2) is 0 Å². The smallest absolute Gasteiger partial charge is 0.120 e. The zero-order valence-electron chi connectivity index (χ0n) is 10.7. The number of rotatable bonds is 5. The fourth-order valence-electron chi connectivity index (χ4n) is 1.74. The Bertz CT molecular complexity index is 549. The molecule has 1 aromatic carbocycles. The van der Waals surface area contributed by atoms with Gasteiger partial charge in [0.25, 0.3) is 0 Å². The maximum Gasteiger partial charge on any atom is 0.120 e. The molecule has 1 aromatic rings. The van der Waals surface area contributed by atoms with Crippen LogP contribution in [0, 0.1) is 11.8 Å². The fraction of sp³-hybridized carbons (Fsp3) is 0.250. The van der Waals surface area contributed by atoms with E-state index in [0.29, 0.717) is 6.61 Å². The predicted molar refractivity (Wildman–Crippen MR) is 75.6 cm³/mol. The Hall–Kier alpha value is -2.02. The van der Waals surface area contributed by atoms with Crippen LogP contribution in [-0.2, 0) is 0 Å². The number of hydrogen-bond donors (Lipinski definition) is 2. The van der Waals surface area contributed by atoms with Crippen molar-refractivity contribution < 1.29 is 9.84 Å². The molecule has 1 aliphatic carbocycles. The van der Waals surface area contributed by atoms with E-state index in [9.17, 15) is 5.11 Å². The van der Waals surface area contributed by atoms with Gasteiger partial charge in [0.2, 0.25) is 0 Å². The molecule has 0 spiro atoms. The van der Waals surface area contributed by atoms with Crippen LogP contribution in [0.4, 0.5) is 0 Å². The first-order valence-corrected chi connectivity index (χ1v) is 6.24. The largest absolute Gasteiger partial charge is 0.489 e. The van der Waals surface area contributed by atoms with Gasteiger partial charge >= 0.3 is 0 Å². The standard InChI is InChI=1S/C16H17NO2/c17-11-16(18)14-8-5-9-15(10-14)19-12-13-6-3-1-2-4-7-13/h3,5-10,16,18H,4,11-12,17H2. The van der Waals surface area contributed by atoms with Crippen LogP contribution >= 0.6 is 0 Å². The van der Waals surface area contributed by atoms with E-state index in [4.69, 9.17) is 10.5 Å². The molecule has 0 aromatic heterocycles. The molecule has 0 fully saturated rings. The van der Waals surface area contributed by atoms with Crippen molar-refractivity contribution in [3.8, 4) is 17.6 Å². The molecule has 1 atom stereocenters. The van der Waals surface area contributed by atoms with E-state index < -0.39 is 6.10 Å². The molecular formula is C16H17NO2. The second-order valence-corrected chi connectivity index (χ2v) is 4.25. The molecule has 0 saturated heterocycles. The number of ether oxygens (including phenoxy) is 1. The van der Waals surface area contributed by atoms with Crippen molar-refractivity contribution in [1.29, 1.82) is 0 Å². The van der Waals surface area contributed by atoms with Crippen LogP contribution in [0.2, 0.25) is 0 Å². The van der Waals surface area contributed by atoms with Crippen LogP contribution in [0.3, 0.4) is 0 Å². The summed E-state index contributed by atoms with van der Waals surface area (Å²) in [5.74, 6) is 6.64. The topological polar surface area (TPSA) is 55.5 Å². The molecule has 0 heterocycles. The normalized spacial score (nSPS) is 14.9.